The molecule has 3 nitrogen and oxygen atoms in total. The first-order valence-corrected chi connectivity index (χ1v) is 8.73. The van der Waals surface area contributed by atoms with E-state index in [0.29, 0.717) is 16.9 Å². The number of fused-ring (bicyclic) bond motifs is 5. The Balaban J connectivity index is 2.10. The predicted octanol–water partition coefficient (Wildman–Crippen LogP) is 5.14. The average Bonchev–Trinajstić information content (AvgIpc) is 2.90. The van der Waals surface area contributed by atoms with Gasteiger partial charge in [-0.25, -0.2) is 0 Å². The third-order valence-electron chi connectivity index (χ3n) is 5.19. The van der Waals surface area contributed by atoms with Gasteiger partial charge in [0.15, 0.2) is 0 Å². The van der Waals surface area contributed by atoms with Crippen molar-refractivity contribution in [3.63, 3.8) is 0 Å². The van der Waals surface area contributed by atoms with Crippen molar-refractivity contribution in [1.29, 1.82) is 0 Å². The maximum Gasteiger partial charge on any atom is 0.237 e. The molecule has 0 fully saturated rings. The lowest BCUT2D eigenvalue weighted by molar-refractivity contribution is 0.0813. The molecular formula is C19H17BrO3. The lowest BCUT2D eigenvalue weighted by atomic mass is 9.69. The van der Waals surface area contributed by atoms with E-state index in [1.165, 1.54) is 0 Å². The largest absolute Gasteiger partial charge is 0.463 e. The number of carbonyl (C=O) groups excluding carboxylic acids is 2. The third kappa shape index (κ3) is 1.87. The highest BCUT2D eigenvalue weighted by Gasteiger charge is 2.41. The van der Waals surface area contributed by atoms with E-state index in [-0.39, 0.29) is 10.2 Å². The molecule has 0 amide bonds. The van der Waals surface area contributed by atoms with Crippen molar-refractivity contribution in [1.82, 2.24) is 0 Å². The molecule has 2 aliphatic carbocycles. The van der Waals surface area contributed by atoms with E-state index in [2.05, 4.69) is 35.8 Å². The zero-order valence-electron chi connectivity index (χ0n) is 13.3. The van der Waals surface area contributed by atoms with Crippen molar-refractivity contribution in [2.24, 2.45) is 0 Å². The summed E-state index contributed by atoms with van der Waals surface area (Å²) in [5, 5.41) is 0. The Hall–Kier alpha value is -1.68. The lowest BCUT2D eigenvalue weighted by Crippen LogP contribution is -2.30. The van der Waals surface area contributed by atoms with E-state index < -0.39 is 11.6 Å². The molecule has 0 saturated heterocycles. The Bertz CT molecular complexity index is 873. The summed E-state index contributed by atoms with van der Waals surface area (Å²) in [6.07, 6.45) is 3.55. The van der Waals surface area contributed by atoms with E-state index >= 15 is 0 Å². The molecule has 0 aliphatic heterocycles. The topological polar surface area (TPSA) is 47.3 Å². The number of halogens is 1. The first-order chi connectivity index (χ1) is 10.8. The normalized spacial score (nSPS) is 21.7. The molecule has 1 aromatic carbocycles. The average molecular weight is 373 g/mol. The van der Waals surface area contributed by atoms with Crippen LogP contribution in [0.3, 0.4) is 0 Å². The van der Waals surface area contributed by atoms with Gasteiger partial charge in [0.2, 0.25) is 11.6 Å². The number of furan rings is 1. The molecule has 0 spiro atoms. The molecule has 1 heterocycles. The first-order valence-electron chi connectivity index (χ1n) is 7.82. The minimum Gasteiger partial charge on any atom is -0.463 e. The Morgan fingerprint density at radius 2 is 1.87 bits per heavy atom. The summed E-state index contributed by atoms with van der Waals surface area (Å²) in [6.45, 7) is 6.18. The minimum absolute atomic E-state index is 0.00266. The van der Waals surface area contributed by atoms with Crippen LogP contribution in [0.4, 0.5) is 0 Å². The van der Waals surface area contributed by atoms with Crippen LogP contribution in [-0.2, 0) is 5.41 Å². The van der Waals surface area contributed by atoms with E-state index in [9.17, 15) is 9.59 Å². The van der Waals surface area contributed by atoms with Crippen LogP contribution < -0.4 is 0 Å². The predicted molar refractivity (Wildman–Crippen MR) is 91.5 cm³/mol. The van der Waals surface area contributed by atoms with E-state index in [1.807, 2.05) is 6.07 Å². The number of alkyl halides is 1. The Morgan fingerprint density at radius 3 is 2.61 bits per heavy atom. The van der Waals surface area contributed by atoms with Gasteiger partial charge in [-0.1, -0.05) is 41.9 Å². The second-order valence-corrected chi connectivity index (χ2v) is 8.23. The minimum atomic E-state index is -0.449. The molecular weight excluding hydrogens is 356 g/mol. The van der Waals surface area contributed by atoms with Gasteiger partial charge in [0.05, 0.1) is 11.8 Å². The number of aryl methyl sites for hydroxylation is 1. The van der Waals surface area contributed by atoms with Crippen LogP contribution in [0.15, 0.2) is 22.8 Å². The third-order valence-corrected chi connectivity index (χ3v) is 6.11. The number of rotatable bonds is 0. The highest BCUT2D eigenvalue weighted by molar-refractivity contribution is 9.09. The van der Waals surface area contributed by atoms with Crippen molar-refractivity contribution in [2.75, 3.05) is 0 Å². The van der Waals surface area contributed by atoms with Crippen molar-refractivity contribution >= 4 is 27.5 Å². The molecule has 0 saturated carbocycles. The maximum absolute atomic E-state index is 12.8. The summed E-state index contributed by atoms with van der Waals surface area (Å²) in [7, 11) is 0. The molecule has 4 rings (SSSR count). The number of carbonyl (C=O) groups is 2. The summed E-state index contributed by atoms with van der Waals surface area (Å²) in [6, 6.07) is 4.03. The van der Waals surface area contributed by atoms with Crippen LogP contribution in [0.1, 0.15) is 68.9 Å². The summed E-state index contributed by atoms with van der Waals surface area (Å²) in [5.74, 6) is -0.320. The molecule has 4 heteroatoms. The van der Waals surface area contributed by atoms with E-state index in [4.69, 9.17) is 4.42 Å². The van der Waals surface area contributed by atoms with Gasteiger partial charge in [-0.2, -0.15) is 0 Å². The molecule has 118 valence electrons. The number of ketones is 2. The Morgan fingerprint density at radius 1 is 1.17 bits per heavy atom. The van der Waals surface area contributed by atoms with Gasteiger partial charge in [-0.3, -0.25) is 9.59 Å². The molecule has 1 aromatic heterocycles. The van der Waals surface area contributed by atoms with Gasteiger partial charge < -0.3 is 4.42 Å². The van der Waals surface area contributed by atoms with Crippen molar-refractivity contribution < 1.29 is 14.0 Å². The highest BCUT2D eigenvalue weighted by atomic mass is 79.9. The SMILES string of the molecule is Cc1coc2c1C(=O)C(=O)c1c-2ccc2c1C(Br)CCC2(C)C. The van der Waals surface area contributed by atoms with Crippen LogP contribution in [0.2, 0.25) is 0 Å². The first kappa shape index (κ1) is 14.9. The smallest absolute Gasteiger partial charge is 0.237 e. The quantitative estimate of drug-likeness (QED) is 0.475. The van der Waals surface area contributed by atoms with E-state index in [0.717, 1.165) is 35.1 Å². The monoisotopic (exact) mass is 372 g/mol. The van der Waals surface area contributed by atoms with Gasteiger partial charge >= 0.3 is 0 Å². The fourth-order valence-electron chi connectivity index (χ4n) is 3.89. The van der Waals surface area contributed by atoms with Crippen LogP contribution in [-0.4, -0.2) is 11.6 Å². The fourth-order valence-corrected chi connectivity index (χ4v) is 4.59. The number of hydrogen-bond acceptors (Lipinski definition) is 3. The zero-order chi connectivity index (χ0) is 16.5. The van der Waals surface area contributed by atoms with Crippen molar-refractivity contribution in [3.05, 3.63) is 46.2 Å². The van der Waals surface area contributed by atoms with Crippen LogP contribution in [0.25, 0.3) is 11.3 Å². The van der Waals surface area contributed by atoms with Gasteiger partial charge in [0.25, 0.3) is 0 Å². The Labute approximate surface area is 143 Å². The van der Waals surface area contributed by atoms with Crippen molar-refractivity contribution in [3.8, 4) is 11.3 Å². The number of hydrogen-bond donors (Lipinski definition) is 0. The fraction of sp³-hybridized carbons (Fsp3) is 0.368. The van der Waals surface area contributed by atoms with E-state index in [1.54, 1.807) is 13.2 Å². The number of Topliss-reactive ketones (excluding diaryl/α,β-unsaturated/α-hetero) is 2. The molecule has 2 aliphatic rings. The summed E-state index contributed by atoms with van der Waals surface area (Å²) in [4.78, 5) is 25.5. The molecule has 2 aromatic rings. The van der Waals surface area contributed by atoms with Gasteiger partial charge in [-0.05, 0) is 41.9 Å². The molecule has 0 bridgehead atoms. The molecule has 23 heavy (non-hydrogen) atoms. The molecule has 1 unspecified atom stereocenters. The maximum atomic E-state index is 12.8. The van der Waals surface area contributed by atoms with Crippen LogP contribution >= 0.6 is 15.9 Å². The zero-order valence-corrected chi connectivity index (χ0v) is 14.9. The van der Waals surface area contributed by atoms with Crippen LogP contribution in [0.5, 0.6) is 0 Å². The van der Waals surface area contributed by atoms with Gasteiger partial charge in [0.1, 0.15) is 5.76 Å². The summed E-state index contributed by atoms with van der Waals surface area (Å²) >= 11 is 3.72. The second kappa shape index (κ2) is 4.67. The standard InChI is InChI=1S/C19H17BrO3/c1-9-8-23-18-10-4-5-11-15(12(20)6-7-19(11,2)3)14(10)17(22)16(21)13(9)18/h4-5,8,12H,6-7H2,1-3H3. The van der Waals surface area contributed by atoms with Crippen LogP contribution in [0, 0.1) is 6.92 Å². The molecule has 0 radical (unpaired) electrons. The highest BCUT2D eigenvalue weighted by Crippen LogP contribution is 2.50. The molecule has 0 N–H and O–H groups in total. The molecule has 1 atom stereocenters. The summed E-state index contributed by atoms with van der Waals surface area (Å²) < 4.78 is 5.62. The Kier molecular flexibility index (Phi) is 3.02. The summed E-state index contributed by atoms with van der Waals surface area (Å²) in [5.41, 5.74) is 4.54. The lowest BCUT2D eigenvalue weighted by Gasteiger charge is -2.37. The van der Waals surface area contributed by atoms with Gasteiger partial charge in [-0.15, -0.1) is 0 Å². The second-order valence-electron chi connectivity index (χ2n) is 7.12. The van der Waals surface area contributed by atoms with Crippen molar-refractivity contribution in [2.45, 2.75) is 43.9 Å². The number of benzene rings is 1. The van der Waals surface area contributed by atoms with Gasteiger partial charge in [0, 0.05) is 16.0 Å².